The highest BCUT2D eigenvalue weighted by Crippen LogP contribution is 2.36. The van der Waals surface area contributed by atoms with Gasteiger partial charge in [0.2, 0.25) is 0 Å². The molecule has 0 aromatic carbocycles. The van der Waals surface area contributed by atoms with Gasteiger partial charge in [-0.1, -0.05) is 0 Å². The van der Waals surface area contributed by atoms with Gasteiger partial charge in [-0.15, -0.1) is 11.3 Å². The van der Waals surface area contributed by atoms with Gasteiger partial charge in [0.25, 0.3) is 0 Å². The first kappa shape index (κ1) is 9.75. The molecule has 3 nitrogen and oxygen atoms in total. The first-order chi connectivity index (χ1) is 7.43. The third-order valence-electron chi connectivity index (χ3n) is 3.19. The van der Waals surface area contributed by atoms with E-state index in [9.17, 15) is 0 Å². The number of hydrogen-bond donors (Lipinski definition) is 1. The first-order valence-electron chi connectivity index (χ1n) is 5.67. The van der Waals surface area contributed by atoms with E-state index in [0.717, 1.165) is 19.2 Å². The summed E-state index contributed by atoms with van der Waals surface area (Å²) in [6, 6.07) is 0.799. The summed E-state index contributed by atoms with van der Waals surface area (Å²) < 4.78 is 5.79. The van der Waals surface area contributed by atoms with Crippen LogP contribution in [0.15, 0.2) is 11.7 Å². The van der Waals surface area contributed by atoms with Gasteiger partial charge >= 0.3 is 0 Å². The minimum Gasteiger partial charge on any atom is -0.372 e. The zero-order valence-corrected chi connectivity index (χ0v) is 9.50. The van der Waals surface area contributed by atoms with Gasteiger partial charge in [0.05, 0.1) is 16.5 Å². The minimum atomic E-state index is 0.295. The number of nitrogens with zero attached hydrogens (tertiary/aromatic N) is 1. The van der Waals surface area contributed by atoms with Gasteiger partial charge in [0.15, 0.2) is 0 Å². The first-order valence-corrected chi connectivity index (χ1v) is 6.55. The van der Waals surface area contributed by atoms with Crippen LogP contribution in [0, 0.1) is 5.92 Å². The Hall–Kier alpha value is -0.450. The van der Waals surface area contributed by atoms with Crippen molar-refractivity contribution in [3.05, 3.63) is 16.6 Å². The Morgan fingerprint density at radius 3 is 3.13 bits per heavy atom. The Kier molecular flexibility index (Phi) is 2.73. The highest BCUT2D eigenvalue weighted by molar-refractivity contribution is 7.09. The maximum Gasteiger partial charge on any atom is 0.0973 e. The van der Waals surface area contributed by atoms with Crippen LogP contribution in [-0.2, 0) is 4.74 Å². The lowest BCUT2D eigenvalue weighted by molar-refractivity contribution is 0.0931. The molecule has 1 N–H and O–H groups in total. The number of hydrogen-bond acceptors (Lipinski definition) is 4. The van der Waals surface area contributed by atoms with Gasteiger partial charge in [0, 0.05) is 31.3 Å². The molecule has 1 saturated heterocycles. The summed E-state index contributed by atoms with van der Waals surface area (Å²) in [5.41, 5.74) is 1.89. The Balaban J connectivity index is 1.61. The van der Waals surface area contributed by atoms with Crippen molar-refractivity contribution < 1.29 is 4.74 Å². The van der Waals surface area contributed by atoms with Crippen molar-refractivity contribution in [1.29, 1.82) is 0 Å². The molecule has 0 spiro atoms. The maximum absolute atomic E-state index is 5.79. The predicted molar refractivity (Wildman–Crippen MR) is 59.9 cm³/mol. The summed E-state index contributed by atoms with van der Waals surface area (Å²) in [7, 11) is 0. The number of rotatable bonds is 4. The molecule has 0 amide bonds. The van der Waals surface area contributed by atoms with Crippen molar-refractivity contribution in [2.24, 2.45) is 5.92 Å². The molecule has 3 rings (SSSR count). The lowest BCUT2D eigenvalue weighted by Crippen LogP contribution is -2.26. The van der Waals surface area contributed by atoms with Crippen LogP contribution in [0.25, 0.3) is 0 Å². The average molecular weight is 224 g/mol. The second-order valence-electron chi connectivity index (χ2n) is 4.43. The van der Waals surface area contributed by atoms with Crippen LogP contribution in [0.5, 0.6) is 0 Å². The predicted octanol–water partition coefficient (Wildman–Crippen LogP) is 1.97. The molecule has 0 radical (unpaired) electrons. The van der Waals surface area contributed by atoms with E-state index in [2.05, 4.69) is 10.3 Å². The summed E-state index contributed by atoms with van der Waals surface area (Å²) >= 11 is 1.71. The molecule has 1 saturated carbocycles. The van der Waals surface area contributed by atoms with Crippen molar-refractivity contribution >= 4 is 11.3 Å². The molecule has 2 unspecified atom stereocenters. The monoisotopic (exact) mass is 224 g/mol. The largest absolute Gasteiger partial charge is 0.372 e. The summed E-state index contributed by atoms with van der Waals surface area (Å²) in [4.78, 5) is 5.41. The van der Waals surface area contributed by atoms with Gasteiger partial charge in [0.1, 0.15) is 0 Å². The maximum atomic E-state index is 5.79. The zero-order valence-electron chi connectivity index (χ0n) is 8.69. The van der Waals surface area contributed by atoms with E-state index in [-0.39, 0.29) is 0 Å². The van der Waals surface area contributed by atoms with Gasteiger partial charge < -0.3 is 10.1 Å². The Labute approximate surface area is 93.9 Å². The fourth-order valence-corrected chi connectivity index (χ4v) is 2.89. The van der Waals surface area contributed by atoms with E-state index in [0.29, 0.717) is 12.0 Å². The Bertz CT molecular complexity index is 310. The molecule has 15 heavy (non-hydrogen) atoms. The molecule has 1 aromatic heterocycles. The average Bonchev–Trinajstić information content (AvgIpc) is 2.79. The van der Waals surface area contributed by atoms with Crippen LogP contribution >= 0.6 is 11.3 Å². The van der Waals surface area contributed by atoms with Crippen LogP contribution in [0.2, 0.25) is 0 Å². The van der Waals surface area contributed by atoms with Crippen LogP contribution in [0.3, 0.4) is 0 Å². The Morgan fingerprint density at radius 1 is 1.47 bits per heavy atom. The van der Waals surface area contributed by atoms with Crippen molar-refractivity contribution in [1.82, 2.24) is 10.3 Å². The van der Waals surface area contributed by atoms with Crippen LogP contribution < -0.4 is 5.32 Å². The van der Waals surface area contributed by atoms with Crippen molar-refractivity contribution in [3.8, 4) is 0 Å². The topological polar surface area (TPSA) is 34.1 Å². The number of thiazole rings is 1. The summed E-state index contributed by atoms with van der Waals surface area (Å²) in [5, 5.41) is 3.59. The summed E-state index contributed by atoms with van der Waals surface area (Å²) in [6.45, 7) is 2.01. The lowest BCUT2D eigenvalue weighted by atomic mass is 10.0. The van der Waals surface area contributed by atoms with E-state index in [1.807, 2.05) is 11.7 Å². The van der Waals surface area contributed by atoms with Gasteiger partial charge in [-0.25, -0.2) is 0 Å². The highest BCUT2D eigenvalue weighted by atomic mass is 32.1. The molecule has 2 aliphatic rings. The van der Waals surface area contributed by atoms with E-state index in [4.69, 9.17) is 4.74 Å². The third kappa shape index (κ3) is 2.22. The van der Waals surface area contributed by atoms with Gasteiger partial charge in [-0.2, -0.15) is 0 Å². The summed E-state index contributed by atoms with van der Waals surface area (Å²) in [5.74, 6) is 0.644. The molecule has 1 aliphatic carbocycles. The van der Waals surface area contributed by atoms with E-state index in [1.54, 1.807) is 11.3 Å². The SMILES string of the molecule is c1ncc(C2OCCC2CNC2CC2)s1. The van der Waals surface area contributed by atoms with Crippen molar-refractivity contribution in [3.63, 3.8) is 0 Å². The van der Waals surface area contributed by atoms with Crippen molar-refractivity contribution in [2.45, 2.75) is 31.4 Å². The molecule has 82 valence electrons. The van der Waals surface area contributed by atoms with E-state index in [1.165, 1.54) is 24.1 Å². The van der Waals surface area contributed by atoms with Gasteiger partial charge in [-0.05, 0) is 19.3 Å². The fraction of sp³-hybridized carbons (Fsp3) is 0.727. The quantitative estimate of drug-likeness (QED) is 0.849. The second-order valence-corrected chi connectivity index (χ2v) is 5.34. The molecule has 0 bridgehead atoms. The Morgan fingerprint density at radius 2 is 2.40 bits per heavy atom. The molecule has 1 aliphatic heterocycles. The molecular weight excluding hydrogens is 208 g/mol. The number of aromatic nitrogens is 1. The van der Waals surface area contributed by atoms with Crippen LogP contribution in [0.1, 0.15) is 30.2 Å². The normalized spacial score (nSPS) is 30.9. The molecule has 4 heteroatoms. The minimum absolute atomic E-state index is 0.295. The third-order valence-corrected chi connectivity index (χ3v) is 4.03. The van der Waals surface area contributed by atoms with Crippen LogP contribution in [0.4, 0.5) is 0 Å². The lowest BCUT2D eigenvalue weighted by Gasteiger charge is -2.17. The second kappa shape index (κ2) is 4.20. The molecule has 2 atom stereocenters. The molecular formula is C11H16N2OS. The van der Waals surface area contributed by atoms with Gasteiger partial charge in [-0.3, -0.25) is 4.98 Å². The fourth-order valence-electron chi connectivity index (χ4n) is 2.13. The smallest absolute Gasteiger partial charge is 0.0973 e. The van der Waals surface area contributed by atoms with E-state index >= 15 is 0 Å². The molecule has 2 fully saturated rings. The number of nitrogens with one attached hydrogen (secondary N) is 1. The number of ether oxygens (including phenoxy) is 1. The zero-order chi connectivity index (χ0) is 10.1. The van der Waals surface area contributed by atoms with E-state index < -0.39 is 0 Å². The van der Waals surface area contributed by atoms with Crippen molar-refractivity contribution in [2.75, 3.05) is 13.2 Å². The highest BCUT2D eigenvalue weighted by Gasteiger charge is 2.32. The molecule has 1 aromatic rings. The standard InChI is InChI=1S/C11H16N2OS/c1-2-9(1)13-5-8-3-4-14-11(8)10-6-12-7-15-10/h6-9,11,13H,1-5H2. The van der Waals surface area contributed by atoms with Crippen LogP contribution in [-0.4, -0.2) is 24.2 Å². The molecule has 2 heterocycles. The summed E-state index contributed by atoms with van der Waals surface area (Å²) in [6.07, 6.45) is 6.15.